The van der Waals surface area contributed by atoms with E-state index < -0.39 is 0 Å². The molecule has 1 aromatic heterocycles. The van der Waals surface area contributed by atoms with Gasteiger partial charge in [-0.05, 0) is 43.5 Å². The van der Waals surface area contributed by atoms with Crippen LogP contribution < -0.4 is 4.74 Å². The first kappa shape index (κ1) is 22.1. The second-order valence-corrected chi connectivity index (χ2v) is 8.80. The summed E-state index contributed by atoms with van der Waals surface area (Å²) in [6.07, 6.45) is 1.98. The molecule has 31 heavy (non-hydrogen) atoms. The lowest BCUT2D eigenvalue weighted by atomic mass is 10.1. The van der Waals surface area contributed by atoms with E-state index in [0.717, 1.165) is 88.0 Å². The number of ketones is 1. The fourth-order valence-corrected chi connectivity index (χ4v) is 4.78. The van der Waals surface area contributed by atoms with Crippen molar-refractivity contribution in [1.82, 2.24) is 14.4 Å². The minimum absolute atomic E-state index is 0.234. The molecule has 6 heteroatoms. The number of Topliss-reactive ketones (excluding diaryl/α,β-unsaturated/α-hetero) is 1. The van der Waals surface area contributed by atoms with Crippen molar-refractivity contribution in [2.45, 2.75) is 39.8 Å². The molecule has 0 unspecified atom stereocenters. The smallest absolute Gasteiger partial charge is 0.178 e. The molecular formula is C25H35N3O3. The molecule has 0 bridgehead atoms. The minimum atomic E-state index is 0.234. The molecule has 0 saturated carbocycles. The summed E-state index contributed by atoms with van der Waals surface area (Å²) in [5.74, 6) is 1.28. The molecule has 0 spiro atoms. The molecule has 0 atom stereocenters. The molecule has 168 valence electrons. The van der Waals surface area contributed by atoms with Gasteiger partial charge in [-0.25, -0.2) is 0 Å². The Balaban J connectivity index is 1.28. The molecule has 1 aromatic carbocycles. The van der Waals surface area contributed by atoms with Crippen LogP contribution in [0.5, 0.6) is 5.75 Å². The van der Waals surface area contributed by atoms with Crippen LogP contribution >= 0.6 is 0 Å². The third kappa shape index (κ3) is 5.20. The summed E-state index contributed by atoms with van der Waals surface area (Å²) in [5, 5.41) is 0. The summed E-state index contributed by atoms with van der Waals surface area (Å²) >= 11 is 0. The van der Waals surface area contributed by atoms with E-state index in [0.29, 0.717) is 6.54 Å². The molecule has 6 nitrogen and oxygen atoms in total. The normalized spacial score (nSPS) is 17.0. The van der Waals surface area contributed by atoms with Crippen molar-refractivity contribution in [3.8, 4) is 5.75 Å². The summed E-state index contributed by atoms with van der Waals surface area (Å²) in [6, 6.07) is 8.64. The monoisotopic (exact) mass is 425 g/mol. The largest absolute Gasteiger partial charge is 0.493 e. The molecule has 0 aliphatic carbocycles. The maximum Gasteiger partial charge on any atom is 0.178 e. The second-order valence-electron chi connectivity index (χ2n) is 8.80. The number of aryl methyl sites for hydroxylation is 1. The Hall–Kier alpha value is -2.15. The number of rotatable bonds is 9. The summed E-state index contributed by atoms with van der Waals surface area (Å²) in [7, 11) is 1.73. The summed E-state index contributed by atoms with van der Waals surface area (Å²) in [6.45, 7) is 11.9. The SMILES string of the molecule is COCCCn1c(C)cc(C(=O)CN2CCN(Cc3ccc4c(c3)CCO4)CC2)c1C. The Morgan fingerprint density at radius 3 is 2.65 bits per heavy atom. The molecule has 4 rings (SSSR count). The van der Waals surface area contributed by atoms with Gasteiger partial charge < -0.3 is 14.0 Å². The van der Waals surface area contributed by atoms with E-state index >= 15 is 0 Å². The highest BCUT2D eigenvalue weighted by atomic mass is 16.5. The Morgan fingerprint density at radius 2 is 1.87 bits per heavy atom. The number of hydrogen-bond acceptors (Lipinski definition) is 5. The summed E-state index contributed by atoms with van der Waals surface area (Å²) < 4.78 is 13.0. The topological polar surface area (TPSA) is 46.9 Å². The van der Waals surface area contributed by atoms with E-state index in [4.69, 9.17) is 9.47 Å². The highest BCUT2D eigenvalue weighted by Gasteiger charge is 2.22. The number of nitrogens with zero attached hydrogens (tertiary/aromatic N) is 3. The number of carbonyl (C=O) groups is 1. The molecule has 1 fully saturated rings. The number of hydrogen-bond donors (Lipinski definition) is 0. The highest BCUT2D eigenvalue weighted by molar-refractivity contribution is 5.99. The van der Waals surface area contributed by atoms with Gasteiger partial charge in [-0.2, -0.15) is 0 Å². The Kier molecular flexibility index (Phi) is 7.10. The molecule has 2 aliphatic rings. The number of piperazine rings is 1. The van der Waals surface area contributed by atoms with Crippen LogP contribution in [-0.2, 0) is 24.2 Å². The number of fused-ring (bicyclic) bond motifs is 1. The molecule has 3 heterocycles. The third-order valence-corrected chi connectivity index (χ3v) is 6.60. The van der Waals surface area contributed by atoms with Gasteiger partial charge in [0.25, 0.3) is 0 Å². The maximum atomic E-state index is 13.0. The summed E-state index contributed by atoms with van der Waals surface area (Å²) in [4.78, 5) is 17.8. The van der Waals surface area contributed by atoms with Gasteiger partial charge in [0, 0.05) is 76.4 Å². The van der Waals surface area contributed by atoms with E-state index in [1.165, 1.54) is 11.1 Å². The van der Waals surface area contributed by atoms with Gasteiger partial charge in [0.05, 0.1) is 13.2 Å². The van der Waals surface area contributed by atoms with Crippen LogP contribution in [0.2, 0.25) is 0 Å². The molecule has 0 amide bonds. The average molecular weight is 426 g/mol. The number of methoxy groups -OCH3 is 1. The standard InChI is InChI=1S/C25H35N3O3/c1-19-15-23(20(2)28(19)8-4-13-30-3)24(29)18-27-11-9-26(10-12-27)17-21-5-6-25-22(16-21)7-14-31-25/h5-6,15-16H,4,7-14,17-18H2,1-3H3. The van der Waals surface area contributed by atoms with Gasteiger partial charge in [0.2, 0.25) is 0 Å². The molecule has 1 saturated heterocycles. The molecule has 2 aliphatic heterocycles. The quantitative estimate of drug-likeness (QED) is 0.456. The van der Waals surface area contributed by atoms with Crippen LogP contribution in [0, 0.1) is 13.8 Å². The maximum absolute atomic E-state index is 13.0. The van der Waals surface area contributed by atoms with Crippen molar-refractivity contribution in [2.24, 2.45) is 0 Å². The highest BCUT2D eigenvalue weighted by Crippen LogP contribution is 2.26. The Morgan fingerprint density at radius 1 is 1.10 bits per heavy atom. The first-order valence-corrected chi connectivity index (χ1v) is 11.4. The van der Waals surface area contributed by atoms with Crippen molar-refractivity contribution in [3.63, 3.8) is 0 Å². The first-order chi connectivity index (χ1) is 15.0. The van der Waals surface area contributed by atoms with Crippen LogP contribution in [0.4, 0.5) is 0 Å². The Bertz CT molecular complexity index is 913. The predicted octanol–water partition coefficient (Wildman–Crippen LogP) is 3.08. The first-order valence-electron chi connectivity index (χ1n) is 11.4. The van der Waals surface area contributed by atoms with Crippen LogP contribution in [-0.4, -0.2) is 73.2 Å². The van der Waals surface area contributed by atoms with Crippen LogP contribution in [0.3, 0.4) is 0 Å². The van der Waals surface area contributed by atoms with Gasteiger partial charge in [-0.1, -0.05) is 12.1 Å². The Labute approximate surface area is 185 Å². The van der Waals surface area contributed by atoms with E-state index in [1.807, 2.05) is 0 Å². The van der Waals surface area contributed by atoms with Crippen molar-refractivity contribution < 1.29 is 14.3 Å². The zero-order valence-corrected chi connectivity index (χ0v) is 19.2. The van der Waals surface area contributed by atoms with E-state index in [-0.39, 0.29) is 5.78 Å². The summed E-state index contributed by atoms with van der Waals surface area (Å²) in [5.41, 5.74) is 5.80. The molecule has 0 radical (unpaired) electrons. The molecule has 0 N–H and O–H groups in total. The number of ether oxygens (including phenoxy) is 2. The van der Waals surface area contributed by atoms with Gasteiger partial charge in [0.15, 0.2) is 5.78 Å². The van der Waals surface area contributed by atoms with Crippen LogP contribution in [0.1, 0.15) is 39.3 Å². The number of aromatic nitrogens is 1. The van der Waals surface area contributed by atoms with Crippen molar-refractivity contribution in [3.05, 3.63) is 52.3 Å². The van der Waals surface area contributed by atoms with Crippen molar-refractivity contribution >= 4 is 5.78 Å². The third-order valence-electron chi connectivity index (χ3n) is 6.60. The second kappa shape index (κ2) is 9.98. The van der Waals surface area contributed by atoms with Gasteiger partial charge in [-0.3, -0.25) is 14.6 Å². The fraction of sp³-hybridized carbons (Fsp3) is 0.560. The lowest BCUT2D eigenvalue weighted by Crippen LogP contribution is -2.47. The number of carbonyl (C=O) groups excluding carboxylic acids is 1. The van der Waals surface area contributed by atoms with Crippen molar-refractivity contribution in [1.29, 1.82) is 0 Å². The van der Waals surface area contributed by atoms with Crippen LogP contribution in [0.25, 0.3) is 0 Å². The van der Waals surface area contributed by atoms with Gasteiger partial charge in [-0.15, -0.1) is 0 Å². The molecular weight excluding hydrogens is 390 g/mol. The lowest BCUT2D eigenvalue weighted by Gasteiger charge is -2.34. The van der Waals surface area contributed by atoms with Crippen LogP contribution in [0.15, 0.2) is 24.3 Å². The average Bonchev–Trinajstić information content (AvgIpc) is 3.34. The van der Waals surface area contributed by atoms with E-state index in [2.05, 4.69) is 52.5 Å². The number of benzene rings is 1. The zero-order valence-electron chi connectivity index (χ0n) is 19.2. The minimum Gasteiger partial charge on any atom is -0.493 e. The predicted molar refractivity (Wildman–Crippen MR) is 122 cm³/mol. The molecule has 2 aromatic rings. The lowest BCUT2D eigenvalue weighted by molar-refractivity contribution is 0.0843. The van der Waals surface area contributed by atoms with Crippen molar-refractivity contribution in [2.75, 3.05) is 53.0 Å². The van der Waals surface area contributed by atoms with E-state index in [1.54, 1.807) is 7.11 Å². The zero-order chi connectivity index (χ0) is 21.8. The van der Waals surface area contributed by atoms with E-state index in [9.17, 15) is 4.79 Å². The van der Waals surface area contributed by atoms with Gasteiger partial charge in [0.1, 0.15) is 5.75 Å². The fourth-order valence-electron chi connectivity index (χ4n) is 4.78. The van der Waals surface area contributed by atoms with Gasteiger partial charge >= 0.3 is 0 Å².